The molecule has 1 amide bonds. The number of nitrogens with zero attached hydrogens (tertiary/aromatic N) is 2. The van der Waals surface area contributed by atoms with Crippen molar-refractivity contribution in [2.24, 2.45) is 0 Å². The van der Waals surface area contributed by atoms with Gasteiger partial charge in [0.15, 0.2) is 0 Å². The van der Waals surface area contributed by atoms with Crippen LogP contribution in [0.25, 0.3) is 5.65 Å². The Kier molecular flexibility index (Phi) is 5.17. The molecule has 0 bridgehead atoms. The number of aryl methyl sites for hydroxylation is 1. The van der Waals surface area contributed by atoms with Crippen LogP contribution in [0.2, 0.25) is 0 Å². The zero-order valence-corrected chi connectivity index (χ0v) is 15.1. The van der Waals surface area contributed by atoms with E-state index in [0.29, 0.717) is 6.42 Å². The minimum absolute atomic E-state index is 0.0250. The van der Waals surface area contributed by atoms with Crippen molar-refractivity contribution < 1.29 is 4.79 Å². The fourth-order valence-corrected chi connectivity index (χ4v) is 3.06. The Morgan fingerprint density at radius 1 is 1.24 bits per heavy atom. The molecule has 1 N–H and O–H groups in total. The second kappa shape index (κ2) is 7.51. The lowest BCUT2D eigenvalue weighted by Gasteiger charge is -2.19. The van der Waals surface area contributed by atoms with E-state index in [9.17, 15) is 4.79 Å². The summed E-state index contributed by atoms with van der Waals surface area (Å²) in [5, 5.41) is 3.08. The summed E-state index contributed by atoms with van der Waals surface area (Å²) in [5.74, 6) is 0.0493. The minimum atomic E-state index is -0.0250. The Labute approximate surface area is 148 Å². The van der Waals surface area contributed by atoms with Crippen LogP contribution in [0.5, 0.6) is 0 Å². The second-order valence-electron chi connectivity index (χ2n) is 6.66. The molecule has 2 unspecified atom stereocenters. The summed E-state index contributed by atoms with van der Waals surface area (Å²) in [5.41, 5.74) is 4.26. The van der Waals surface area contributed by atoms with Crippen LogP contribution >= 0.6 is 0 Å². The van der Waals surface area contributed by atoms with E-state index in [4.69, 9.17) is 0 Å². The van der Waals surface area contributed by atoms with Crippen LogP contribution in [0.1, 0.15) is 49.4 Å². The molecule has 2 atom stereocenters. The maximum Gasteiger partial charge on any atom is 0.221 e. The monoisotopic (exact) mass is 335 g/mol. The average molecular weight is 335 g/mol. The van der Waals surface area contributed by atoms with Gasteiger partial charge in [0.25, 0.3) is 0 Å². The van der Waals surface area contributed by atoms with Gasteiger partial charge in [-0.15, -0.1) is 0 Å². The third-order valence-electron chi connectivity index (χ3n) is 4.67. The number of hydrogen-bond donors (Lipinski definition) is 1. The summed E-state index contributed by atoms with van der Waals surface area (Å²) in [6, 6.07) is 14.5. The SMILES string of the molecule is CCC(C)NC(=O)CC(c1ccccc1)c1cnc2cc(C)ccn12. The number of nitrogens with one attached hydrogen (secondary N) is 1. The van der Waals surface area contributed by atoms with Crippen molar-refractivity contribution in [1.82, 2.24) is 14.7 Å². The van der Waals surface area contributed by atoms with Gasteiger partial charge in [-0.2, -0.15) is 0 Å². The minimum Gasteiger partial charge on any atom is -0.354 e. The molecule has 0 spiro atoms. The van der Waals surface area contributed by atoms with Crippen molar-refractivity contribution in [2.75, 3.05) is 0 Å². The van der Waals surface area contributed by atoms with E-state index in [1.165, 1.54) is 5.56 Å². The van der Waals surface area contributed by atoms with Gasteiger partial charge in [-0.1, -0.05) is 37.3 Å². The van der Waals surface area contributed by atoms with E-state index in [2.05, 4.69) is 52.8 Å². The number of pyridine rings is 1. The quantitative estimate of drug-likeness (QED) is 0.738. The first-order chi connectivity index (χ1) is 12.1. The van der Waals surface area contributed by atoms with Gasteiger partial charge in [-0.25, -0.2) is 4.98 Å². The largest absolute Gasteiger partial charge is 0.354 e. The lowest BCUT2D eigenvalue weighted by Crippen LogP contribution is -2.33. The summed E-state index contributed by atoms with van der Waals surface area (Å²) in [6.07, 6.45) is 5.27. The normalized spacial score (nSPS) is 13.6. The van der Waals surface area contributed by atoms with Crippen LogP contribution in [-0.2, 0) is 4.79 Å². The first-order valence-electron chi connectivity index (χ1n) is 8.86. The number of amides is 1. The van der Waals surface area contributed by atoms with Crippen LogP contribution < -0.4 is 5.32 Å². The Morgan fingerprint density at radius 2 is 2.00 bits per heavy atom. The molecule has 4 nitrogen and oxygen atoms in total. The van der Waals surface area contributed by atoms with Crippen molar-refractivity contribution in [3.63, 3.8) is 0 Å². The number of benzene rings is 1. The zero-order chi connectivity index (χ0) is 17.8. The predicted octanol–water partition coefficient (Wildman–Crippen LogP) is 4.08. The van der Waals surface area contributed by atoms with Crippen LogP contribution in [-0.4, -0.2) is 21.3 Å². The third kappa shape index (κ3) is 3.90. The molecule has 3 rings (SSSR count). The molecule has 130 valence electrons. The first kappa shape index (κ1) is 17.2. The number of aromatic nitrogens is 2. The summed E-state index contributed by atoms with van der Waals surface area (Å²) in [7, 11) is 0. The van der Waals surface area contributed by atoms with Crippen LogP contribution in [0, 0.1) is 6.92 Å². The maximum atomic E-state index is 12.5. The predicted molar refractivity (Wildman–Crippen MR) is 101 cm³/mol. The van der Waals surface area contributed by atoms with Gasteiger partial charge in [-0.05, 0) is 43.5 Å². The number of carbonyl (C=O) groups excluding carboxylic acids is 1. The van der Waals surface area contributed by atoms with Crippen molar-refractivity contribution in [3.8, 4) is 0 Å². The molecule has 4 heteroatoms. The van der Waals surface area contributed by atoms with E-state index in [1.54, 1.807) is 0 Å². The molecule has 0 aliphatic heterocycles. The van der Waals surface area contributed by atoms with E-state index in [-0.39, 0.29) is 17.9 Å². The number of fused-ring (bicyclic) bond motifs is 1. The summed E-state index contributed by atoms with van der Waals surface area (Å²) >= 11 is 0. The van der Waals surface area contributed by atoms with E-state index >= 15 is 0 Å². The lowest BCUT2D eigenvalue weighted by atomic mass is 9.92. The molecule has 0 aliphatic rings. The molecule has 25 heavy (non-hydrogen) atoms. The summed E-state index contributed by atoms with van der Waals surface area (Å²) in [4.78, 5) is 17.1. The fraction of sp³-hybridized carbons (Fsp3) is 0.333. The number of carbonyl (C=O) groups is 1. The molecule has 0 saturated heterocycles. The van der Waals surface area contributed by atoms with Gasteiger partial charge in [-0.3, -0.25) is 4.79 Å². The topological polar surface area (TPSA) is 46.4 Å². The molecule has 3 aromatic rings. The Balaban J connectivity index is 1.97. The first-order valence-corrected chi connectivity index (χ1v) is 8.86. The molecular weight excluding hydrogens is 310 g/mol. The van der Waals surface area contributed by atoms with E-state index in [0.717, 1.165) is 23.3 Å². The summed E-state index contributed by atoms with van der Waals surface area (Å²) < 4.78 is 2.08. The van der Waals surface area contributed by atoms with Crippen LogP contribution in [0.3, 0.4) is 0 Å². The highest BCUT2D eigenvalue weighted by Gasteiger charge is 2.22. The smallest absolute Gasteiger partial charge is 0.221 e. The van der Waals surface area contributed by atoms with Gasteiger partial charge in [0.2, 0.25) is 5.91 Å². The van der Waals surface area contributed by atoms with Crippen LogP contribution in [0.15, 0.2) is 54.9 Å². The molecule has 0 saturated carbocycles. The standard InChI is InChI=1S/C21H25N3O/c1-4-16(3)23-21(25)13-18(17-8-6-5-7-9-17)19-14-22-20-12-15(2)10-11-24(19)20/h5-12,14,16,18H,4,13H2,1-3H3,(H,23,25). The Bertz CT molecular complexity index is 854. The fourth-order valence-electron chi connectivity index (χ4n) is 3.06. The molecule has 2 aromatic heterocycles. The highest BCUT2D eigenvalue weighted by molar-refractivity contribution is 5.77. The van der Waals surface area contributed by atoms with Gasteiger partial charge in [0.05, 0.1) is 5.69 Å². The van der Waals surface area contributed by atoms with Gasteiger partial charge in [0, 0.05) is 30.8 Å². The molecule has 1 aromatic carbocycles. The number of imidazole rings is 1. The van der Waals surface area contributed by atoms with E-state index < -0.39 is 0 Å². The highest BCUT2D eigenvalue weighted by Crippen LogP contribution is 2.29. The molecule has 0 aliphatic carbocycles. The molecule has 0 radical (unpaired) electrons. The second-order valence-corrected chi connectivity index (χ2v) is 6.66. The third-order valence-corrected chi connectivity index (χ3v) is 4.67. The van der Waals surface area contributed by atoms with Crippen molar-refractivity contribution >= 4 is 11.6 Å². The molecule has 0 fully saturated rings. The van der Waals surface area contributed by atoms with Crippen molar-refractivity contribution in [3.05, 3.63) is 71.7 Å². The molecular formula is C21H25N3O. The number of rotatable bonds is 6. The number of hydrogen-bond acceptors (Lipinski definition) is 2. The van der Waals surface area contributed by atoms with Gasteiger partial charge < -0.3 is 9.72 Å². The van der Waals surface area contributed by atoms with Gasteiger partial charge in [0.1, 0.15) is 5.65 Å². The molecule has 2 heterocycles. The van der Waals surface area contributed by atoms with Crippen LogP contribution in [0.4, 0.5) is 0 Å². The Hall–Kier alpha value is -2.62. The summed E-state index contributed by atoms with van der Waals surface area (Å²) in [6.45, 7) is 6.17. The Morgan fingerprint density at radius 3 is 2.72 bits per heavy atom. The van der Waals surface area contributed by atoms with E-state index in [1.807, 2.05) is 37.5 Å². The average Bonchev–Trinajstić information content (AvgIpc) is 3.03. The van der Waals surface area contributed by atoms with Crippen molar-refractivity contribution in [2.45, 2.75) is 45.6 Å². The highest BCUT2D eigenvalue weighted by atomic mass is 16.1. The zero-order valence-electron chi connectivity index (χ0n) is 15.1. The maximum absolute atomic E-state index is 12.5. The lowest BCUT2D eigenvalue weighted by molar-refractivity contribution is -0.121. The van der Waals surface area contributed by atoms with Crippen molar-refractivity contribution in [1.29, 1.82) is 0 Å². The van der Waals surface area contributed by atoms with Gasteiger partial charge >= 0.3 is 0 Å².